The second-order valence-electron chi connectivity index (χ2n) is 8.90. The summed E-state index contributed by atoms with van der Waals surface area (Å²) in [6.07, 6.45) is 0.838. The minimum atomic E-state index is -0.941. The van der Waals surface area contributed by atoms with Gasteiger partial charge in [0, 0.05) is 78.5 Å². The number of nitrogens with zero attached hydrogens (tertiary/aromatic N) is 6. The number of hydrogen-bond acceptors (Lipinski definition) is 9. The van der Waals surface area contributed by atoms with Gasteiger partial charge < -0.3 is 24.8 Å². The Labute approximate surface area is 201 Å². The highest BCUT2D eigenvalue weighted by Gasteiger charge is 2.24. The molecule has 0 spiro atoms. The van der Waals surface area contributed by atoms with Crippen LogP contribution in [0.3, 0.4) is 0 Å². The van der Waals surface area contributed by atoms with Gasteiger partial charge in [-0.1, -0.05) is 6.92 Å². The average Bonchev–Trinajstić information content (AvgIpc) is 2.80. The van der Waals surface area contributed by atoms with Gasteiger partial charge in [0.25, 0.3) is 0 Å². The molecule has 0 aromatic rings. The van der Waals surface area contributed by atoms with E-state index in [0.29, 0.717) is 65.4 Å². The maximum Gasteiger partial charge on any atom is 0.317 e. The molecule has 0 aromatic heterocycles. The molecular formula is C22H40N6O6. The molecule has 0 atom stereocenters. The highest BCUT2D eigenvalue weighted by molar-refractivity contribution is 5.78. The van der Waals surface area contributed by atoms with Crippen LogP contribution in [-0.4, -0.2) is 175 Å². The van der Waals surface area contributed by atoms with Crippen LogP contribution in [0.5, 0.6) is 0 Å². The van der Waals surface area contributed by atoms with Crippen molar-refractivity contribution in [1.82, 2.24) is 29.4 Å². The Hall–Kier alpha value is -2.12. The fourth-order valence-electron chi connectivity index (χ4n) is 4.33. The largest absolute Gasteiger partial charge is 0.480 e. The Kier molecular flexibility index (Phi) is 12.4. The molecule has 34 heavy (non-hydrogen) atoms. The molecule has 2 aliphatic rings. The van der Waals surface area contributed by atoms with Crippen molar-refractivity contribution in [2.24, 2.45) is 0 Å². The Bertz CT molecular complexity index is 672. The summed E-state index contributed by atoms with van der Waals surface area (Å²) < 4.78 is 0. The van der Waals surface area contributed by atoms with Crippen LogP contribution in [0.25, 0.3) is 0 Å². The summed E-state index contributed by atoms with van der Waals surface area (Å²) in [6.45, 7) is 10.4. The van der Waals surface area contributed by atoms with Crippen molar-refractivity contribution in [3.8, 4) is 0 Å². The predicted molar refractivity (Wildman–Crippen MR) is 126 cm³/mol. The van der Waals surface area contributed by atoms with Crippen LogP contribution in [-0.2, 0) is 19.2 Å². The summed E-state index contributed by atoms with van der Waals surface area (Å²) in [6, 6.07) is 0. The number of aliphatic carboxylic acids is 2. The number of carbonyl (C=O) groups excluding carboxylic acids is 2. The predicted octanol–water partition coefficient (Wildman–Crippen LogP) is -2.26. The van der Waals surface area contributed by atoms with Gasteiger partial charge in [0.15, 0.2) is 0 Å². The van der Waals surface area contributed by atoms with E-state index in [9.17, 15) is 29.4 Å². The molecule has 1 amide bonds. The van der Waals surface area contributed by atoms with Crippen LogP contribution in [0.4, 0.5) is 0 Å². The van der Waals surface area contributed by atoms with Crippen molar-refractivity contribution >= 4 is 24.1 Å². The van der Waals surface area contributed by atoms with E-state index >= 15 is 0 Å². The minimum Gasteiger partial charge on any atom is -0.480 e. The van der Waals surface area contributed by atoms with E-state index in [0.717, 1.165) is 25.9 Å². The second kappa shape index (κ2) is 15.0. The minimum absolute atomic E-state index is 0.0715. The standard InChI is InChI=1S/C22H40N6O6/c1-2-23-11-13-28(14-12-23)20(30)17-25-5-3-24(15-16-29)4-6-26(18-21(31)32)9-10-27(8-7-25)19-22(33)34/h16H,2-15,17-19H2,1H3,(H,31,32)(H,33,34). The number of carboxylic acids is 2. The van der Waals surface area contributed by atoms with E-state index in [1.807, 2.05) is 14.7 Å². The first-order chi connectivity index (χ1) is 16.3. The summed E-state index contributed by atoms with van der Waals surface area (Å²) in [5.41, 5.74) is 0. The molecule has 2 saturated heterocycles. The Balaban J connectivity index is 2.05. The van der Waals surface area contributed by atoms with E-state index in [-0.39, 0.29) is 32.1 Å². The van der Waals surface area contributed by atoms with Gasteiger partial charge in [-0.3, -0.25) is 34.0 Å². The quantitative estimate of drug-likeness (QED) is 0.344. The van der Waals surface area contributed by atoms with Crippen LogP contribution in [0, 0.1) is 0 Å². The Morgan fingerprint density at radius 1 is 0.618 bits per heavy atom. The molecule has 0 radical (unpaired) electrons. The first-order valence-electron chi connectivity index (χ1n) is 12.1. The van der Waals surface area contributed by atoms with Crippen molar-refractivity contribution in [3.63, 3.8) is 0 Å². The first-order valence-corrected chi connectivity index (χ1v) is 12.1. The maximum absolute atomic E-state index is 13.0. The zero-order valence-electron chi connectivity index (χ0n) is 20.3. The number of amides is 1. The molecule has 12 heteroatoms. The summed E-state index contributed by atoms with van der Waals surface area (Å²) in [5.74, 6) is -1.81. The average molecular weight is 485 g/mol. The molecule has 12 nitrogen and oxygen atoms in total. The smallest absolute Gasteiger partial charge is 0.317 e. The molecule has 0 saturated carbocycles. The maximum atomic E-state index is 13.0. The fraction of sp³-hybridized carbons (Fsp3) is 0.818. The van der Waals surface area contributed by atoms with Crippen molar-refractivity contribution < 1.29 is 29.4 Å². The third-order valence-corrected chi connectivity index (χ3v) is 6.51. The van der Waals surface area contributed by atoms with Gasteiger partial charge in [-0.25, -0.2) is 0 Å². The van der Waals surface area contributed by atoms with Crippen LogP contribution in [0.2, 0.25) is 0 Å². The van der Waals surface area contributed by atoms with Gasteiger partial charge in [-0.05, 0) is 6.54 Å². The SMILES string of the molecule is CCN1CCN(C(=O)CN2CCN(CC=O)CCN(CC(=O)O)CCN(CC(=O)O)CC2)CC1. The van der Waals surface area contributed by atoms with Gasteiger partial charge >= 0.3 is 11.9 Å². The van der Waals surface area contributed by atoms with E-state index < -0.39 is 11.9 Å². The molecule has 0 aliphatic carbocycles. The van der Waals surface area contributed by atoms with Gasteiger partial charge in [0.2, 0.25) is 5.91 Å². The summed E-state index contributed by atoms with van der Waals surface area (Å²) in [4.78, 5) is 58.6. The number of hydrogen-bond donors (Lipinski definition) is 2. The second-order valence-corrected chi connectivity index (χ2v) is 8.90. The topological polar surface area (TPSA) is 128 Å². The highest BCUT2D eigenvalue weighted by Crippen LogP contribution is 2.05. The number of carbonyl (C=O) groups is 4. The van der Waals surface area contributed by atoms with Crippen molar-refractivity contribution in [3.05, 3.63) is 0 Å². The van der Waals surface area contributed by atoms with Crippen molar-refractivity contribution in [1.29, 1.82) is 0 Å². The van der Waals surface area contributed by atoms with Crippen LogP contribution in [0.15, 0.2) is 0 Å². The molecule has 0 bridgehead atoms. The molecule has 2 rings (SSSR count). The molecule has 2 N–H and O–H groups in total. The molecule has 194 valence electrons. The van der Waals surface area contributed by atoms with E-state index in [4.69, 9.17) is 0 Å². The zero-order chi connectivity index (χ0) is 24.9. The fourth-order valence-corrected chi connectivity index (χ4v) is 4.33. The normalized spacial score (nSPS) is 21.5. The highest BCUT2D eigenvalue weighted by atomic mass is 16.4. The van der Waals surface area contributed by atoms with Crippen LogP contribution in [0.1, 0.15) is 6.92 Å². The molecule has 2 aliphatic heterocycles. The third kappa shape index (κ3) is 10.4. The molecule has 0 unspecified atom stereocenters. The number of piperazine rings is 1. The molecule has 2 fully saturated rings. The van der Waals surface area contributed by atoms with Crippen LogP contribution < -0.4 is 0 Å². The van der Waals surface area contributed by atoms with E-state index in [1.165, 1.54) is 0 Å². The van der Waals surface area contributed by atoms with E-state index in [2.05, 4.69) is 11.8 Å². The monoisotopic (exact) mass is 484 g/mol. The lowest BCUT2D eigenvalue weighted by Gasteiger charge is -2.36. The van der Waals surface area contributed by atoms with Crippen molar-refractivity contribution in [2.45, 2.75) is 6.92 Å². The number of likely N-dealkylation sites (N-methyl/N-ethyl adjacent to an activating group) is 1. The number of aldehydes is 1. The third-order valence-electron chi connectivity index (χ3n) is 6.51. The number of carboxylic acid groups (broad SMARTS) is 2. The lowest BCUT2D eigenvalue weighted by molar-refractivity contribution is -0.140. The van der Waals surface area contributed by atoms with Crippen molar-refractivity contribution in [2.75, 3.05) is 111 Å². The molecule has 0 aromatic carbocycles. The van der Waals surface area contributed by atoms with Gasteiger partial charge in [0.05, 0.1) is 26.2 Å². The number of rotatable bonds is 9. The van der Waals surface area contributed by atoms with Crippen LogP contribution >= 0.6 is 0 Å². The Morgan fingerprint density at radius 2 is 1.00 bits per heavy atom. The van der Waals surface area contributed by atoms with E-state index in [1.54, 1.807) is 9.80 Å². The van der Waals surface area contributed by atoms with Gasteiger partial charge in [-0.2, -0.15) is 0 Å². The van der Waals surface area contributed by atoms with Gasteiger partial charge in [-0.15, -0.1) is 0 Å². The van der Waals surface area contributed by atoms with Gasteiger partial charge in [0.1, 0.15) is 6.29 Å². The molecular weight excluding hydrogens is 444 g/mol. The lowest BCUT2D eigenvalue weighted by Crippen LogP contribution is -2.53. The molecule has 2 heterocycles. The summed E-state index contributed by atoms with van der Waals surface area (Å²) >= 11 is 0. The summed E-state index contributed by atoms with van der Waals surface area (Å²) in [7, 11) is 0. The lowest BCUT2D eigenvalue weighted by atomic mass is 10.3. The first kappa shape index (κ1) is 28.1. The Morgan fingerprint density at radius 3 is 1.38 bits per heavy atom. The summed E-state index contributed by atoms with van der Waals surface area (Å²) in [5, 5.41) is 18.5. The zero-order valence-corrected chi connectivity index (χ0v) is 20.3.